The zero-order valence-electron chi connectivity index (χ0n) is 11.9. The first kappa shape index (κ1) is 15.9. The Labute approximate surface area is 137 Å². The van der Waals surface area contributed by atoms with Crippen LogP contribution >= 0.6 is 27.7 Å². The quantitative estimate of drug-likeness (QED) is 0.480. The van der Waals surface area contributed by atoms with Gasteiger partial charge in [0.2, 0.25) is 0 Å². The van der Waals surface area contributed by atoms with Crippen molar-refractivity contribution >= 4 is 39.2 Å². The molecule has 5 heteroatoms. The predicted octanol–water partition coefficient (Wildman–Crippen LogP) is 4.53. The largest absolute Gasteiger partial charge is 0.496 e. The number of benzene rings is 2. The highest BCUT2D eigenvalue weighted by molar-refractivity contribution is 9.10. The summed E-state index contributed by atoms with van der Waals surface area (Å²) in [6.45, 7) is 1.56. The van der Waals surface area contributed by atoms with Crippen LogP contribution in [0.2, 0.25) is 0 Å². The zero-order valence-corrected chi connectivity index (χ0v) is 14.3. The number of carbonyl (C=O) groups is 1. The summed E-state index contributed by atoms with van der Waals surface area (Å²) in [5, 5.41) is 0. The Bertz CT molecular complexity index is 673. The summed E-state index contributed by atoms with van der Waals surface area (Å²) in [6, 6.07) is 11.3. The molecule has 0 saturated carbocycles. The van der Waals surface area contributed by atoms with Crippen molar-refractivity contribution in [3.05, 3.63) is 52.0 Å². The smallest absolute Gasteiger partial charge is 0.159 e. The van der Waals surface area contributed by atoms with E-state index >= 15 is 0 Å². The maximum absolute atomic E-state index is 11.5. The molecule has 0 amide bonds. The highest BCUT2D eigenvalue weighted by Gasteiger charge is 2.09. The van der Waals surface area contributed by atoms with Gasteiger partial charge in [-0.3, -0.25) is 4.79 Å². The fourth-order valence-corrected chi connectivity index (χ4v) is 3.22. The molecule has 3 nitrogen and oxygen atoms in total. The van der Waals surface area contributed by atoms with Crippen LogP contribution < -0.4 is 10.5 Å². The number of carbonyl (C=O) groups excluding carboxylic acids is 1. The van der Waals surface area contributed by atoms with Gasteiger partial charge in [0.05, 0.1) is 7.11 Å². The summed E-state index contributed by atoms with van der Waals surface area (Å²) in [5.74, 6) is 1.52. The Morgan fingerprint density at radius 2 is 2.05 bits per heavy atom. The molecule has 0 spiro atoms. The number of nitrogens with two attached hydrogens (primary N) is 1. The minimum absolute atomic E-state index is 0.0482. The van der Waals surface area contributed by atoms with Gasteiger partial charge < -0.3 is 10.5 Å². The van der Waals surface area contributed by atoms with Crippen LogP contribution in [0.4, 0.5) is 5.69 Å². The third-order valence-electron chi connectivity index (χ3n) is 3.04. The summed E-state index contributed by atoms with van der Waals surface area (Å²) in [6.07, 6.45) is 0. The lowest BCUT2D eigenvalue weighted by atomic mass is 10.1. The molecule has 0 heterocycles. The summed E-state index contributed by atoms with van der Waals surface area (Å²) < 4.78 is 6.31. The monoisotopic (exact) mass is 365 g/mol. The molecule has 2 rings (SSSR count). The molecule has 0 aliphatic rings. The lowest BCUT2D eigenvalue weighted by Gasteiger charge is -2.11. The first-order valence-electron chi connectivity index (χ1n) is 6.37. The van der Waals surface area contributed by atoms with Gasteiger partial charge in [-0.15, -0.1) is 11.8 Å². The molecule has 0 atom stereocenters. The van der Waals surface area contributed by atoms with E-state index < -0.39 is 0 Å². The van der Waals surface area contributed by atoms with Crippen molar-refractivity contribution in [1.29, 1.82) is 0 Å². The van der Waals surface area contributed by atoms with Crippen LogP contribution in [0.15, 0.2) is 45.8 Å². The van der Waals surface area contributed by atoms with E-state index in [0.717, 1.165) is 26.4 Å². The van der Waals surface area contributed by atoms with Crippen molar-refractivity contribution in [3.8, 4) is 5.75 Å². The number of ether oxygens (including phenoxy) is 1. The Kier molecular flexibility index (Phi) is 5.31. The Hall–Kier alpha value is -1.46. The van der Waals surface area contributed by atoms with E-state index in [2.05, 4.69) is 15.9 Å². The highest BCUT2D eigenvalue weighted by atomic mass is 79.9. The van der Waals surface area contributed by atoms with E-state index in [1.54, 1.807) is 31.9 Å². The fraction of sp³-hybridized carbons (Fsp3) is 0.188. The van der Waals surface area contributed by atoms with Gasteiger partial charge in [-0.05, 0) is 43.3 Å². The van der Waals surface area contributed by atoms with Crippen LogP contribution in [0.5, 0.6) is 5.75 Å². The van der Waals surface area contributed by atoms with E-state index in [9.17, 15) is 4.79 Å². The topological polar surface area (TPSA) is 52.3 Å². The van der Waals surface area contributed by atoms with Crippen LogP contribution in [-0.2, 0) is 5.75 Å². The zero-order chi connectivity index (χ0) is 15.4. The minimum atomic E-state index is 0.0482. The van der Waals surface area contributed by atoms with Crippen LogP contribution in [0.1, 0.15) is 22.8 Å². The lowest BCUT2D eigenvalue weighted by Crippen LogP contribution is -1.97. The highest BCUT2D eigenvalue weighted by Crippen LogP contribution is 2.33. The second-order valence-electron chi connectivity index (χ2n) is 4.55. The summed E-state index contributed by atoms with van der Waals surface area (Å²) in [4.78, 5) is 12.5. The van der Waals surface area contributed by atoms with Gasteiger partial charge in [0, 0.05) is 31.9 Å². The summed E-state index contributed by atoms with van der Waals surface area (Å²) >= 11 is 5.02. The number of Topliss-reactive ketones (excluding diaryl/α,β-unsaturated/α-hetero) is 1. The molecule has 0 saturated heterocycles. The first-order chi connectivity index (χ1) is 10.0. The van der Waals surface area contributed by atoms with Crippen LogP contribution in [0.3, 0.4) is 0 Å². The second kappa shape index (κ2) is 7.00. The van der Waals surface area contributed by atoms with Gasteiger partial charge in [-0.2, -0.15) is 0 Å². The Balaban J connectivity index is 2.22. The number of anilines is 1. The maximum Gasteiger partial charge on any atom is 0.159 e. The molecular formula is C16H16BrNO2S. The number of halogens is 1. The molecule has 110 valence electrons. The van der Waals surface area contributed by atoms with Gasteiger partial charge in [-0.1, -0.05) is 15.9 Å². The normalized spacial score (nSPS) is 10.4. The van der Waals surface area contributed by atoms with E-state index in [1.165, 1.54) is 0 Å². The second-order valence-corrected chi connectivity index (χ2v) is 6.49. The molecule has 0 aliphatic heterocycles. The van der Waals surface area contributed by atoms with Crippen molar-refractivity contribution in [2.45, 2.75) is 17.6 Å². The number of rotatable bonds is 5. The van der Waals surface area contributed by atoms with Crippen molar-refractivity contribution in [1.82, 2.24) is 0 Å². The average molecular weight is 366 g/mol. The standard InChI is InChI=1S/C16H16BrNO2S/c1-10(19)11-3-5-15(20-2)12(7-11)9-21-16-6-4-13(17)8-14(16)18/h3-8H,9,18H2,1-2H3. The van der Waals surface area contributed by atoms with Gasteiger partial charge in [0.25, 0.3) is 0 Å². The Morgan fingerprint density at radius 3 is 2.67 bits per heavy atom. The van der Waals surface area contributed by atoms with Gasteiger partial charge >= 0.3 is 0 Å². The molecular weight excluding hydrogens is 350 g/mol. The average Bonchev–Trinajstić information content (AvgIpc) is 2.46. The maximum atomic E-state index is 11.5. The molecule has 2 aromatic rings. The minimum Gasteiger partial charge on any atom is -0.496 e. The molecule has 0 radical (unpaired) electrons. The molecule has 2 N–H and O–H groups in total. The van der Waals surface area contributed by atoms with Crippen molar-refractivity contribution in [2.75, 3.05) is 12.8 Å². The third kappa shape index (κ3) is 4.02. The number of nitrogen functional groups attached to an aromatic ring is 1. The molecule has 21 heavy (non-hydrogen) atoms. The summed E-state index contributed by atoms with van der Waals surface area (Å²) in [5.41, 5.74) is 8.40. The van der Waals surface area contributed by atoms with Gasteiger partial charge in [0.15, 0.2) is 5.78 Å². The third-order valence-corrected chi connectivity index (χ3v) is 4.67. The molecule has 0 bridgehead atoms. The number of hydrogen-bond acceptors (Lipinski definition) is 4. The van der Waals surface area contributed by atoms with Gasteiger partial charge in [-0.25, -0.2) is 0 Å². The SMILES string of the molecule is COc1ccc(C(C)=O)cc1CSc1ccc(Br)cc1N. The molecule has 0 aromatic heterocycles. The number of hydrogen-bond donors (Lipinski definition) is 1. The fourth-order valence-electron chi connectivity index (χ4n) is 1.92. The van der Waals surface area contributed by atoms with Crippen molar-refractivity contribution < 1.29 is 9.53 Å². The first-order valence-corrected chi connectivity index (χ1v) is 8.15. The van der Waals surface area contributed by atoms with E-state index in [-0.39, 0.29) is 5.78 Å². The van der Waals surface area contributed by atoms with E-state index in [4.69, 9.17) is 10.5 Å². The van der Waals surface area contributed by atoms with Gasteiger partial charge in [0.1, 0.15) is 5.75 Å². The molecule has 0 aliphatic carbocycles. The van der Waals surface area contributed by atoms with Crippen LogP contribution in [-0.4, -0.2) is 12.9 Å². The molecule has 0 fully saturated rings. The number of methoxy groups -OCH3 is 1. The molecule has 2 aromatic carbocycles. The van der Waals surface area contributed by atoms with E-state index in [1.807, 2.05) is 30.3 Å². The number of ketones is 1. The van der Waals surface area contributed by atoms with Crippen molar-refractivity contribution in [3.63, 3.8) is 0 Å². The predicted molar refractivity (Wildman–Crippen MR) is 91.1 cm³/mol. The van der Waals surface area contributed by atoms with Crippen LogP contribution in [0.25, 0.3) is 0 Å². The molecule has 0 unspecified atom stereocenters. The number of thioether (sulfide) groups is 1. The summed E-state index contributed by atoms with van der Waals surface area (Å²) in [7, 11) is 1.63. The van der Waals surface area contributed by atoms with E-state index in [0.29, 0.717) is 11.3 Å². The Morgan fingerprint density at radius 1 is 1.29 bits per heavy atom. The lowest BCUT2D eigenvalue weighted by molar-refractivity contribution is 0.101. The van der Waals surface area contributed by atoms with Crippen molar-refractivity contribution in [2.24, 2.45) is 0 Å². The van der Waals surface area contributed by atoms with Crippen LogP contribution in [0, 0.1) is 0 Å².